The summed E-state index contributed by atoms with van der Waals surface area (Å²) >= 11 is 0. The number of fused-ring (bicyclic) bond motifs is 1. The number of anilines is 3. The molecule has 8 heteroatoms. The maximum absolute atomic E-state index is 6.35. The molecule has 0 amide bonds. The second-order valence-corrected chi connectivity index (χ2v) is 14.4. The van der Waals surface area contributed by atoms with Crippen molar-refractivity contribution in [2.45, 2.75) is 71.8 Å². The van der Waals surface area contributed by atoms with E-state index in [-0.39, 0.29) is 18.2 Å². The molecule has 51 heavy (non-hydrogen) atoms. The zero-order valence-corrected chi connectivity index (χ0v) is 31.3. The monoisotopic (exact) mass is 690 g/mol. The minimum atomic E-state index is -0.0351. The fraction of sp³-hybridized carbons (Fsp3) is 0.395. The van der Waals surface area contributed by atoms with Gasteiger partial charge in [0.05, 0.1) is 19.4 Å². The first-order valence-corrected chi connectivity index (χ1v) is 18.1. The molecule has 2 unspecified atom stereocenters. The van der Waals surface area contributed by atoms with Crippen molar-refractivity contribution in [3.63, 3.8) is 0 Å². The predicted octanol–water partition coefficient (Wildman–Crippen LogP) is 8.80. The molecule has 2 atom stereocenters. The lowest BCUT2D eigenvalue weighted by atomic mass is 9.91. The van der Waals surface area contributed by atoms with Crippen molar-refractivity contribution < 1.29 is 9.47 Å². The molecular weight excluding hydrogens is 633 g/mol. The molecule has 2 aliphatic rings. The van der Waals surface area contributed by atoms with E-state index >= 15 is 0 Å². The first-order valence-electron chi connectivity index (χ1n) is 18.1. The SMILES string of the molecule is C=CC=C.CC(C)(C)C.COCC1CCC(N2CNc3c(NCC(c4ccccc4)c4ccccc4)nc(CCNCc4ccccc4)nc32)O1. The molecule has 1 aromatic heterocycles. The number of ether oxygens (including phenoxy) is 2. The summed E-state index contributed by atoms with van der Waals surface area (Å²) in [6, 6.07) is 31.8. The van der Waals surface area contributed by atoms with E-state index in [0.29, 0.717) is 25.2 Å². The van der Waals surface area contributed by atoms with Gasteiger partial charge in [-0.25, -0.2) is 9.97 Å². The third kappa shape index (κ3) is 13.0. The van der Waals surface area contributed by atoms with Crippen LogP contribution in [0.3, 0.4) is 0 Å². The maximum Gasteiger partial charge on any atom is 0.161 e. The number of hydrogen-bond donors (Lipinski definition) is 3. The van der Waals surface area contributed by atoms with Crippen LogP contribution in [0.25, 0.3) is 0 Å². The smallest absolute Gasteiger partial charge is 0.161 e. The number of aromatic nitrogens is 2. The Morgan fingerprint density at radius 3 is 2.06 bits per heavy atom. The van der Waals surface area contributed by atoms with Gasteiger partial charge in [0.25, 0.3) is 0 Å². The molecule has 0 aliphatic carbocycles. The molecule has 272 valence electrons. The lowest BCUT2D eigenvalue weighted by Gasteiger charge is -2.25. The summed E-state index contributed by atoms with van der Waals surface area (Å²) in [6.07, 6.45) is 6.00. The largest absolute Gasteiger partial charge is 0.382 e. The maximum atomic E-state index is 6.35. The van der Waals surface area contributed by atoms with E-state index in [9.17, 15) is 0 Å². The third-order valence-corrected chi connectivity index (χ3v) is 8.16. The Morgan fingerprint density at radius 2 is 1.49 bits per heavy atom. The summed E-state index contributed by atoms with van der Waals surface area (Å²) in [5.41, 5.74) is 5.24. The number of benzene rings is 3. The number of methoxy groups -OCH3 is 1. The van der Waals surface area contributed by atoms with Crippen molar-refractivity contribution in [1.29, 1.82) is 0 Å². The summed E-state index contributed by atoms with van der Waals surface area (Å²) in [5, 5.41) is 10.8. The Morgan fingerprint density at radius 1 is 0.902 bits per heavy atom. The van der Waals surface area contributed by atoms with Gasteiger partial charge in [0.15, 0.2) is 11.6 Å². The molecule has 2 aliphatic heterocycles. The molecule has 0 bridgehead atoms. The van der Waals surface area contributed by atoms with Gasteiger partial charge in [0.1, 0.15) is 17.7 Å². The van der Waals surface area contributed by atoms with Gasteiger partial charge >= 0.3 is 0 Å². The van der Waals surface area contributed by atoms with E-state index in [1.807, 2.05) is 6.07 Å². The van der Waals surface area contributed by atoms with Crippen molar-refractivity contribution in [3.05, 3.63) is 139 Å². The van der Waals surface area contributed by atoms with Gasteiger partial charge in [0, 0.05) is 39.1 Å². The van der Waals surface area contributed by atoms with Crippen LogP contribution >= 0.6 is 0 Å². The third-order valence-electron chi connectivity index (χ3n) is 8.16. The van der Waals surface area contributed by atoms with Crippen LogP contribution in [-0.2, 0) is 22.4 Å². The number of hydrogen-bond acceptors (Lipinski definition) is 8. The Bertz CT molecular complexity index is 1540. The standard InChI is InChI=1S/C34H40N6O2.C5H12.C4H6/c1-41-23-28-17-18-31(42-28)40-24-37-32-33(36-22-29(26-13-7-3-8-14-26)27-15-9-4-10-16-27)38-30(39-34(32)40)19-20-35-21-25-11-5-2-6-12-25;1-5(2,3)4;1-3-4-2/h2-16,28-29,31,35,37H,17-24H2,1H3,(H,36,38,39);1-4H3;3-4H,1-2H2. The van der Waals surface area contributed by atoms with Gasteiger partial charge in [-0.3, -0.25) is 0 Å². The van der Waals surface area contributed by atoms with Gasteiger partial charge in [-0.05, 0) is 34.9 Å². The Balaban J connectivity index is 0.000000580. The number of nitrogens with one attached hydrogen (secondary N) is 3. The van der Waals surface area contributed by atoms with Crippen LogP contribution in [0.1, 0.15) is 69.0 Å². The zero-order valence-electron chi connectivity index (χ0n) is 31.3. The van der Waals surface area contributed by atoms with Crippen molar-refractivity contribution in [2.75, 3.05) is 49.0 Å². The van der Waals surface area contributed by atoms with Crippen molar-refractivity contribution >= 4 is 17.3 Å². The van der Waals surface area contributed by atoms with E-state index in [1.165, 1.54) is 16.7 Å². The van der Waals surface area contributed by atoms with Crippen LogP contribution < -0.4 is 20.9 Å². The topological polar surface area (TPSA) is 83.6 Å². The van der Waals surface area contributed by atoms with Gasteiger partial charge in [0.2, 0.25) is 0 Å². The van der Waals surface area contributed by atoms with E-state index in [0.717, 1.165) is 55.5 Å². The first-order chi connectivity index (χ1) is 24.7. The summed E-state index contributed by atoms with van der Waals surface area (Å²) < 4.78 is 11.7. The first kappa shape index (κ1) is 39.3. The Hall–Kier alpha value is -4.50. The molecule has 4 aromatic rings. The van der Waals surface area contributed by atoms with Gasteiger partial charge < -0.3 is 30.3 Å². The average molecular weight is 691 g/mol. The van der Waals surface area contributed by atoms with E-state index in [2.05, 4.69) is 147 Å². The van der Waals surface area contributed by atoms with Crippen LogP contribution in [0.2, 0.25) is 0 Å². The average Bonchev–Trinajstić information content (AvgIpc) is 3.78. The minimum absolute atomic E-state index is 0.0351. The lowest BCUT2D eigenvalue weighted by molar-refractivity contribution is -0.00157. The highest BCUT2D eigenvalue weighted by Crippen LogP contribution is 2.39. The van der Waals surface area contributed by atoms with Crippen molar-refractivity contribution in [3.8, 4) is 0 Å². The van der Waals surface area contributed by atoms with Crippen molar-refractivity contribution in [1.82, 2.24) is 15.3 Å². The molecule has 3 N–H and O–H groups in total. The quantitative estimate of drug-likeness (QED) is 0.0895. The summed E-state index contributed by atoms with van der Waals surface area (Å²) in [4.78, 5) is 12.3. The highest BCUT2D eigenvalue weighted by Gasteiger charge is 2.36. The van der Waals surface area contributed by atoms with Crippen molar-refractivity contribution in [2.24, 2.45) is 5.41 Å². The molecule has 0 radical (unpaired) electrons. The highest BCUT2D eigenvalue weighted by atomic mass is 16.5. The predicted molar refractivity (Wildman–Crippen MR) is 213 cm³/mol. The summed E-state index contributed by atoms with van der Waals surface area (Å²) in [7, 11) is 1.73. The molecule has 8 nitrogen and oxygen atoms in total. The van der Waals surface area contributed by atoms with Crippen LogP contribution in [-0.4, -0.2) is 55.8 Å². The summed E-state index contributed by atoms with van der Waals surface area (Å²) in [6.45, 7) is 19.0. The Kier molecular flexibility index (Phi) is 15.7. The van der Waals surface area contributed by atoms with Gasteiger partial charge in [-0.2, -0.15) is 0 Å². The molecule has 3 heterocycles. The zero-order chi connectivity index (χ0) is 36.5. The van der Waals surface area contributed by atoms with E-state index < -0.39 is 0 Å². The van der Waals surface area contributed by atoms with Gasteiger partial charge in [-0.15, -0.1) is 0 Å². The fourth-order valence-corrected chi connectivity index (χ4v) is 5.83. The minimum Gasteiger partial charge on any atom is -0.382 e. The lowest BCUT2D eigenvalue weighted by Crippen LogP contribution is -2.36. The second kappa shape index (κ2) is 20.4. The summed E-state index contributed by atoms with van der Waals surface area (Å²) in [5.74, 6) is 2.74. The van der Waals surface area contributed by atoms with Crippen LogP contribution in [0.15, 0.2) is 116 Å². The normalized spacial score (nSPS) is 16.2. The van der Waals surface area contributed by atoms with Crippen LogP contribution in [0, 0.1) is 5.41 Å². The molecule has 0 saturated carbocycles. The second-order valence-electron chi connectivity index (χ2n) is 14.4. The molecular formula is C43H58N6O2. The molecule has 3 aromatic carbocycles. The number of allylic oxidation sites excluding steroid dienone is 2. The molecule has 1 saturated heterocycles. The van der Waals surface area contributed by atoms with E-state index in [1.54, 1.807) is 19.3 Å². The van der Waals surface area contributed by atoms with Crippen LogP contribution in [0.5, 0.6) is 0 Å². The molecule has 1 fully saturated rings. The highest BCUT2D eigenvalue weighted by molar-refractivity contribution is 5.81. The van der Waals surface area contributed by atoms with E-state index in [4.69, 9.17) is 19.4 Å². The molecule has 0 spiro atoms. The Labute approximate surface area is 306 Å². The number of nitrogens with zero attached hydrogens (tertiary/aromatic N) is 3. The fourth-order valence-electron chi connectivity index (χ4n) is 5.83. The number of rotatable bonds is 14. The molecule has 6 rings (SSSR count). The van der Waals surface area contributed by atoms with Gasteiger partial charge in [-0.1, -0.05) is 144 Å². The van der Waals surface area contributed by atoms with Crippen LogP contribution in [0.4, 0.5) is 17.3 Å².